The molecule has 0 spiro atoms. The first kappa shape index (κ1) is 8.74. The van der Waals surface area contributed by atoms with Crippen LogP contribution < -0.4 is 5.73 Å². The Morgan fingerprint density at radius 2 is 1.93 bits per heavy atom. The van der Waals surface area contributed by atoms with Gasteiger partial charge in [-0.15, -0.1) is 0 Å². The van der Waals surface area contributed by atoms with Gasteiger partial charge in [0.15, 0.2) is 5.76 Å². The highest BCUT2D eigenvalue weighted by Gasteiger charge is 2.10. The lowest BCUT2D eigenvalue weighted by molar-refractivity contribution is 0.400. The average molecular weight is 192 g/mol. The molecule has 0 atom stereocenters. The van der Waals surface area contributed by atoms with Gasteiger partial charge in [-0.25, -0.2) is 4.39 Å². The summed E-state index contributed by atoms with van der Waals surface area (Å²) in [6, 6.07) is 5.95. The molecule has 0 saturated carbocycles. The Bertz CT molecular complexity index is 448. The third kappa shape index (κ3) is 1.35. The smallest absolute Gasteiger partial charge is 0.157 e. The van der Waals surface area contributed by atoms with Crippen molar-refractivity contribution in [2.24, 2.45) is 0 Å². The van der Waals surface area contributed by atoms with E-state index in [1.165, 1.54) is 12.1 Å². The van der Waals surface area contributed by atoms with Crippen molar-refractivity contribution in [3.63, 3.8) is 0 Å². The fraction of sp³-hybridized carbons (Fsp3) is 0.100. The van der Waals surface area contributed by atoms with E-state index in [1.54, 1.807) is 19.1 Å². The Kier molecular flexibility index (Phi) is 1.96. The first-order chi connectivity index (χ1) is 6.68. The first-order valence-corrected chi connectivity index (χ1v) is 4.16. The summed E-state index contributed by atoms with van der Waals surface area (Å²) in [5, 5.41) is 3.79. The van der Waals surface area contributed by atoms with Gasteiger partial charge in [0.1, 0.15) is 17.2 Å². The minimum Gasteiger partial charge on any atom is -0.394 e. The molecule has 0 saturated heterocycles. The Morgan fingerprint density at radius 3 is 2.43 bits per heavy atom. The van der Waals surface area contributed by atoms with Crippen LogP contribution in [0.5, 0.6) is 0 Å². The van der Waals surface area contributed by atoms with E-state index in [9.17, 15) is 4.39 Å². The summed E-state index contributed by atoms with van der Waals surface area (Å²) in [4.78, 5) is 0. The highest BCUT2D eigenvalue weighted by Crippen LogP contribution is 2.26. The summed E-state index contributed by atoms with van der Waals surface area (Å²) in [5.74, 6) is 0.289. The molecule has 1 aromatic heterocycles. The lowest BCUT2D eigenvalue weighted by atomic mass is 10.1. The fourth-order valence-corrected chi connectivity index (χ4v) is 1.20. The van der Waals surface area contributed by atoms with Gasteiger partial charge in [0.2, 0.25) is 0 Å². The summed E-state index contributed by atoms with van der Waals surface area (Å²) in [6.07, 6.45) is 0. The van der Waals surface area contributed by atoms with Crippen LogP contribution in [0, 0.1) is 12.7 Å². The lowest BCUT2D eigenvalue weighted by Crippen LogP contribution is -1.88. The van der Waals surface area contributed by atoms with E-state index in [1.807, 2.05) is 0 Å². The van der Waals surface area contributed by atoms with Crippen LogP contribution in [0.1, 0.15) is 5.76 Å². The molecule has 0 radical (unpaired) electrons. The third-order valence-electron chi connectivity index (χ3n) is 2.03. The average Bonchev–Trinajstić information content (AvgIpc) is 2.50. The summed E-state index contributed by atoms with van der Waals surface area (Å²) in [5.41, 5.74) is 7.53. The van der Waals surface area contributed by atoms with Crippen molar-refractivity contribution in [3.05, 3.63) is 35.8 Å². The van der Waals surface area contributed by atoms with Crippen molar-refractivity contribution in [3.8, 4) is 11.3 Å². The van der Waals surface area contributed by atoms with E-state index in [0.717, 1.165) is 5.56 Å². The Balaban J connectivity index is 2.49. The van der Waals surface area contributed by atoms with Gasteiger partial charge >= 0.3 is 0 Å². The van der Waals surface area contributed by atoms with Gasteiger partial charge in [-0.05, 0) is 31.2 Å². The third-order valence-corrected chi connectivity index (χ3v) is 2.03. The zero-order chi connectivity index (χ0) is 10.1. The van der Waals surface area contributed by atoms with Crippen LogP contribution in [-0.2, 0) is 0 Å². The van der Waals surface area contributed by atoms with Crippen LogP contribution >= 0.6 is 0 Å². The molecule has 0 fully saturated rings. The molecular weight excluding hydrogens is 183 g/mol. The molecular formula is C10H9FN2O. The molecule has 0 aliphatic heterocycles. The number of benzene rings is 1. The van der Waals surface area contributed by atoms with Crippen molar-refractivity contribution < 1.29 is 8.91 Å². The number of hydrogen-bond acceptors (Lipinski definition) is 3. The predicted molar refractivity (Wildman–Crippen MR) is 51.0 cm³/mol. The second kappa shape index (κ2) is 3.14. The van der Waals surface area contributed by atoms with Gasteiger partial charge in [-0.1, -0.05) is 5.16 Å². The normalized spacial score (nSPS) is 10.4. The highest BCUT2D eigenvalue weighted by molar-refractivity contribution is 5.73. The minimum absolute atomic E-state index is 0.285. The number of nitrogen functional groups attached to an aromatic ring is 1. The summed E-state index contributed by atoms with van der Waals surface area (Å²) < 4.78 is 17.5. The van der Waals surface area contributed by atoms with Gasteiger partial charge in [0, 0.05) is 5.56 Å². The second-order valence-corrected chi connectivity index (χ2v) is 3.01. The van der Waals surface area contributed by atoms with Gasteiger partial charge in [0.25, 0.3) is 0 Å². The summed E-state index contributed by atoms with van der Waals surface area (Å²) in [6.45, 7) is 1.73. The monoisotopic (exact) mass is 192 g/mol. The number of halogens is 1. The van der Waals surface area contributed by atoms with Gasteiger partial charge in [0.05, 0.1) is 0 Å². The number of nitrogens with zero attached hydrogens (tertiary/aromatic N) is 1. The van der Waals surface area contributed by atoms with Crippen LogP contribution in [0.15, 0.2) is 28.8 Å². The largest absolute Gasteiger partial charge is 0.394 e. The Labute approximate surface area is 80.3 Å². The van der Waals surface area contributed by atoms with Crippen molar-refractivity contribution in [1.29, 1.82) is 0 Å². The first-order valence-electron chi connectivity index (χ1n) is 4.16. The highest BCUT2D eigenvalue weighted by atomic mass is 19.1. The van der Waals surface area contributed by atoms with Crippen LogP contribution in [0.2, 0.25) is 0 Å². The Morgan fingerprint density at radius 1 is 1.29 bits per heavy atom. The van der Waals surface area contributed by atoms with Crippen molar-refractivity contribution in [1.82, 2.24) is 5.16 Å². The maximum Gasteiger partial charge on any atom is 0.157 e. The van der Waals surface area contributed by atoms with Gasteiger partial charge in [-0.3, -0.25) is 0 Å². The molecule has 1 heterocycles. The molecule has 2 rings (SSSR count). The number of aryl methyl sites for hydroxylation is 1. The number of hydrogen-bond donors (Lipinski definition) is 1. The number of rotatable bonds is 1. The lowest BCUT2D eigenvalue weighted by Gasteiger charge is -1.96. The summed E-state index contributed by atoms with van der Waals surface area (Å²) >= 11 is 0. The van der Waals surface area contributed by atoms with E-state index in [4.69, 9.17) is 10.3 Å². The van der Waals surface area contributed by atoms with E-state index in [0.29, 0.717) is 17.1 Å². The molecule has 4 heteroatoms. The molecule has 14 heavy (non-hydrogen) atoms. The van der Waals surface area contributed by atoms with E-state index >= 15 is 0 Å². The SMILES string of the molecule is Cc1onc(-c2ccc(F)cc2)c1N. The number of anilines is 1. The van der Waals surface area contributed by atoms with Gasteiger partial charge in [-0.2, -0.15) is 0 Å². The zero-order valence-electron chi connectivity index (χ0n) is 7.62. The molecule has 0 unspecified atom stereocenters. The second-order valence-electron chi connectivity index (χ2n) is 3.01. The Hall–Kier alpha value is -1.84. The maximum absolute atomic E-state index is 12.6. The fourth-order valence-electron chi connectivity index (χ4n) is 1.20. The summed E-state index contributed by atoms with van der Waals surface area (Å²) in [7, 11) is 0. The molecule has 2 N–H and O–H groups in total. The standard InChI is InChI=1S/C10H9FN2O/c1-6-9(12)10(13-14-6)7-2-4-8(11)5-3-7/h2-5H,12H2,1H3. The van der Waals surface area contributed by atoms with E-state index < -0.39 is 0 Å². The minimum atomic E-state index is -0.285. The molecule has 1 aromatic carbocycles. The van der Waals surface area contributed by atoms with E-state index in [-0.39, 0.29) is 5.82 Å². The van der Waals surface area contributed by atoms with Crippen molar-refractivity contribution in [2.75, 3.05) is 5.73 Å². The van der Waals surface area contributed by atoms with Crippen LogP contribution in [0.4, 0.5) is 10.1 Å². The molecule has 0 bridgehead atoms. The number of nitrogens with two attached hydrogens (primary N) is 1. The molecule has 0 aliphatic rings. The van der Waals surface area contributed by atoms with Crippen LogP contribution in [-0.4, -0.2) is 5.16 Å². The quantitative estimate of drug-likeness (QED) is 0.754. The molecule has 0 aliphatic carbocycles. The topological polar surface area (TPSA) is 52.0 Å². The van der Waals surface area contributed by atoms with Crippen LogP contribution in [0.3, 0.4) is 0 Å². The van der Waals surface area contributed by atoms with E-state index in [2.05, 4.69) is 5.16 Å². The molecule has 0 amide bonds. The maximum atomic E-state index is 12.6. The van der Waals surface area contributed by atoms with Crippen LogP contribution in [0.25, 0.3) is 11.3 Å². The molecule has 72 valence electrons. The molecule has 3 nitrogen and oxygen atoms in total. The van der Waals surface area contributed by atoms with Crippen molar-refractivity contribution >= 4 is 5.69 Å². The van der Waals surface area contributed by atoms with Gasteiger partial charge < -0.3 is 10.3 Å². The van der Waals surface area contributed by atoms with Crippen molar-refractivity contribution in [2.45, 2.75) is 6.92 Å². The molecule has 2 aromatic rings. The number of aromatic nitrogens is 1. The predicted octanol–water partition coefficient (Wildman–Crippen LogP) is 2.37. The zero-order valence-corrected chi connectivity index (χ0v) is 7.62.